The number of carbonyl (C=O) groups excluding carboxylic acids is 2. The van der Waals surface area contributed by atoms with Crippen LogP contribution in [0.25, 0.3) is 0 Å². The van der Waals surface area contributed by atoms with Crippen LogP contribution in [0, 0.1) is 0 Å². The standard InChI is InChI=1S/C72H139NO5/c1-3-5-7-9-11-13-15-17-19-21-30-34-38-42-46-50-54-58-62-66-72(77)78-67-63-59-55-51-47-43-39-35-32-29-27-25-23-22-24-26-28-31-33-37-41-45-49-53-57-61-65-71(76)73-69(68-74)70(75)64-60-56-52-48-44-40-36-20-18-16-14-12-10-8-6-4-2/h17,19,22,24,69-70,74-75H,3-16,18,20-21,23,25-68H2,1-2H3,(H,73,76)/b19-17-,24-22-. The number of hydrogen-bond donors (Lipinski definition) is 3. The molecule has 0 aliphatic carbocycles. The van der Waals surface area contributed by atoms with Crippen LogP contribution in [-0.4, -0.2) is 47.4 Å². The number of aliphatic hydroxyl groups is 2. The van der Waals surface area contributed by atoms with Crippen molar-refractivity contribution in [2.75, 3.05) is 13.2 Å². The van der Waals surface area contributed by atoms with Crippen LogP contribution in [0.2, 0.25) is 0 Å². The van der Waals surface area contributed by atoms with Gasteiger partial charge in [0.05, 0.1) is 25.4 Å². The Labute approximate surface area is 488 Å². The summed E-state index contributed by atoms with van der Waals surface area (Å²) in [6, 6.07) is -0.543. The molecule has 0 fully saturated rings. The van der Waals surface area contributed by atoms with Gasteiger partial charge in [-0.25, -0.2) is 0 Å². The molecule has 0 aromatic carbocycles. The SMILES string of the molecule is CCCCCCCC/C=C\CCCCCCCCCCCC(=O)OCCCCCCCCCCCCCC/C=C\CCCCCCCCCCCCC(=O)NC(CO)C(O)CCCCCCCCCCCCCCCCCC. The van der Waals surface area contributed by atoms with Gasteiger partial charge in [0, 0.05) is 12.8 Å². The van der Waals surface area contributed by atoms with Gasteiger partial charge >= 0.3 is 5.97 Å². The fraction of sp³-hybridized carbons (Fsp3) is 0.917. The molecule has 0 aliphatic heterocycles. The number of nitrogens with one attached hydrogen (secondary N) is 1. The van der Waals surface area contributed by atoms with Crippen molar-refractivity contribution in [2.45, 2.75) is 411 Å². The van der Waals surface area contributed by atoms with Gasteiger partial charge in [0.1, 0.15) is 0 Å². The molecule has 0 rings (SSSR count). The molecular weight excluding hydrogens is 959 g/mol. The maximum Gasteiger partial charge on any atom is 0.305 e. The van der Waals surface area contributed by atoms with E-state index in [2.05, 4.69) is 43.5 Å². The van der Waals surface area contributed by atoms with E-state index in [1.54, 1.807) is 0 Å². The van der Waals surface area contributed by atoms with E-state index < -0.39 is 12.1 Å². The van der Waals surface area contributed by atoms with E-state index in [9.17, 15) is 19.8 Å². The molecule has 462 valence electrons. The lowest BCUT2D eigenvalue weighted by atomic mass is 10.0. The highest BCUT2D eigenvalue weighted by atomic mass is 16.5. The molecule has 0 aromatic rings. The van der Waals surface area contributed by atoms with Crippen LogP contribution in [0.3, 0.4) is 0 Å². The van der Waals surface area contributed by atoms with Crippen LogP contribution in [0.4, 0.5) is 0 Å². The van der Waals surface area contributed by atoms with Gasteiger partial charge in [0.2, 0.25) is 5.91 Å². The van der Waals surface area contributed by atoms with Crippen LogP contribution in [0.1, 0.15) is 399 Å². The minimum atomic E-state index is -0.665. The number of allylic oxidation sites excluding steroid dienone is 4. The largest absolute Gasteiger partial charge is 0.466 e. The van der Waals surface area contributed by atoms with Crippen LogP contribution >= 0.6 is 0 Å². The zero-order chi connectivity index (χ0) is 56.4. The fourth-order valence-electron chi connectivity index (χ4n) is 11.3. The van der Waals surface area contributed by atoms with Crippen molar-refractivity contribution in [2.24, 2.45) is 0 Å². The van der Waals surface area contributed by atoms with Gasteiger partial charge in [0.15, 0.2) is 0 Å². The molecule has 0 saturated heterocycles. The molecule has 0 aromatic heterocycles. The number of esters is 1. The first-order valence-electron chi connectivity index (χ1n) is 35.6. The van der Waals surface area contributed by atoms with E-state index in [1.165, 1.54) is 327 Å². The summed E-state index contributed by atoms with van der Waals surface area (Å²) in [5.74, 6) is -0.0190. The van der Waals surface area contributed by atoms with Gasteiger partial charge in [0.25, 0.3) is 0 Å². The van der Waals surface area contributed by atoms with Gasteiger partial charge in [-0.3, -0.25) is 9.59 Å². The molecule has 6 nitrogen and oxygen atoms in total. The third-order valence-electron chi connectivity index (χ3n) is 16.7. The Bertz CT molecular complexity index is 1220. The molecule has 0 bridgehead atoms. The van der Waals surface area contributed by atoms with Crippen molar-refractivity contribution in [3.8, 4) is 0 Å². The van der Waals surface area contributed by atoms with Crippen molar-refractivity contribution < 1.29 is 24.5 Å². The van der Waals surface area contributed by atoms with E-state index in [0.717, 1.165) is 38.5 Å². The molecule has 2 unspecified atom stereocenters. The maximum atomic E-state index is 12.5. The molecule has 2 atom stereocenters. The van der Waals surface area contributed by atoms with Crippen LogP contribution in [0.15, 0.2) is 24.3 Å². The first-order chi connectivity index (χ1) is 38.5. The van der Waals surface area contributed by atoms with Crippen molar-refractivity contribution >= 4 is 11.9 Å². The summed E-state index contributed by atoms with van der Waals surface area (Å²) in [4.78, 5) is 24.6. The summed E-state index contributed by atoms with van der Waals surface area (Å²) < 4.78 is 5.51. The molecule has 6 heteroatoms. The van der Waals surface area contributed by atoms with Crippen molar-refractivity contribution in [1.29, 1.82) is 0 Å². The van der Waals surface area contributed by atoms with Gasteiger partial charge in [-0.1, -0.05) is 334 Å². The lowest BCUT2D eigenvalue weighted by Crippen LogP contribution is -2.45. The number of carbonyl (C=O) groups is 2. The molecule has 0 heterocycles. The molecule has 0 radical (unpaired) electrons. The molecule has 0 saturated carbocycles. The van der Waals surface area contributed by atoms with Gasteiger partial charge in [-0.15, -0.1) is 0 Å². The quantitative estimate of drug-likeness (QED) is 0.0320. The topological polar surface area (TPSA) is 95.9 Å². The molecule has 0 aliphatic rings. The average molecular weight is 1100 g/mol. The van der Waals surface area contributed by atoms with Crippen LogP contribution in [-0.2, 0) is 14.3 Å². The number of rotatable bonds is 67. The Hall–Kier alpha value is -1.66. The number of hydrogen-bond acceptors (Lipinski definition) is 5. The van der Waals surface area contributed by atoms with Gasteiger partial charge in [-0.2, -0.15) is 0 Å². The summed E-state index contributed by atoms with van der Waals surface area (Å²) in [5.41, 5.74) is 0. The zero-order valence-electron chi connectivity index (χ0n) is 52.9. The average Bonchev–Trinajstić information content (AvgIpc) is 3.44. The van der Waals surface area contributed by atoms with Crippen LogP contribution in [0.5, 0.6) is 0 Å². The van der Waals surface area contributed by atoms with Crippen molar-refractivity contribution in [1.82, 2.24) is 5.32 Å². The minimum Gasteiger partial charge on any atom is -0.466 e. The molecule has 78 heavy (non-hydrogen) atoms. The summed E-state index contributed by atoms with van der Waals surface area (Å²) in [6.07, 6.45) is 85.1. The molecule has 0 spiro atoms. The number of ether oxygens (including phenoxy) is 1. The van der Waals surface area contributed by atoms with E-state index in [0.29, 0.717) is 25.9 Å². The Balaban J connectivity index is 3.37. The van der Waals surface area contributed by atoms with E-state index in [-0.39, 0.29) is 18.5 Å². The monoisotopic (exact) mass is 1100 g/mol. The first-order valence-corrected chi connectivity index (χ1v) is 35.6. The molecule has 1 amide bonds. The Morgan fingerprint density at radius 1 is 0.346 bits per heavy atom. The summed E-state index contributed by atoms with van der Waals surface area (Å²) in [7, 11) is 0. The summed E-state index contributed by atoms with van der Waals surface area (Å²) >= 11 is 0. The highest BCUT2D eigenvalue weighted by molar-refractivity contribution is 5.76. The Morgan fingerprint density at radius 2 is 0.603 bits per heavy atom. The number of unbranched alkanes of at least 4 members (excludes halogenated alkanes) is 52. The highest BCUT2D eigenvalue weighted by Gasteiger charge is 2.20. The normalized spacial score (nSPS) is 12.6. The second kappa shape index (κ2) is 67.8. The first kappa shape index (κ1) is 76.3. The minimum absolute atomic E-state index is 0.0147. The second-order valence-corrected chi connectivity index (χ2v) is 24.6. The third-order valence-corrected chi connectivity index (χ3v) is 16.7. The van der Waals surface area contributed by atoms with Crippen LogP contribution < -0.4 is 5.32 Å². The smallest absolute Gasteiger partial charge is 0.305 e. The summed E-state index contributed by atoms with van der Waals surface area (Å²) in [6.45, 7) is 4.98. The predicted octanol–water partition coefficient (Wildman–Crippen LogP) is 22.9. The van der Waals surface area contributed by atoms with E-state index in [1.807, 2.05) is 0 Å². The van der Waals surface area contributed by atoms with Crippen molar-refractivity contribution in [3.63, 3.8) is 0 Å². The zero-order valence-corrected chi connectivity index (χ0v) is 52.9. The number of aliphatic hydroxyl groups excluding tert-OH is 2. The lowest BCUT2D eigenvalue weighted by Gasteiger charge is -2.22. The third kappa shape index (κ3) is 63.5. The Kier molecular flexibility index (Phi) is 66.4. The maximum absolute atomic E-state index is 12.5. The second-order valence-electron chi connectivity index (χ2n) is 24.6. The number of amides is 1. The Morgan fingerprint density at radius 3 is 0.910 bits per heavy atom. The lowest BCUT2D eigenvalue weighted by molar-refractivity contribution is -0.143. The van der Waals surface area contributed by atoms with E-state index in [4.69, 9.17) is 4.74 Å². The van der Waals surface area contributed by atoms with Crippen molar-refractivity contribution in [3.05, 3.63) is 24.3 Å². The summed E-state index contributed by atoms with van der Waals surface area (Å²) in [5, 5.41) is 23.3. The fourth-order valence-corrected chi connectivity index (χ4v) is 11.3. The van der Waals surface area contributed by atoms with Gasteiger partial charge < -0.3 is 20.3 Å². The van der Waals surface area contributed by atoms with E-state index >= 15 is 0 Å². The van der Waals surface area contributed by atoms with Gasteiger partial charge in [-0.05, 0) is 77.0 Å². The molecular formula is C72H139NO5. The molecule has 3 N–H and O–H groups in total. The highest BCUT2D eigenvalue weighted by Crippen LogP contribution is 2.19. The predicted molar refractivity (Wildman–Crippen MR) is 343 cm³/mol.